The number of alkyl halides is 10. The maximum Gasteiger partial charge on any atom is 0.138 e. The van der Waals surface area contributed by atoms with Gasteiger partial charge in [0.1, 0.15) is 61.7 Å². The summed E-state index contributed by atoms with van der Waals surface area (Å²) in [7, 11) is 0. The molecule has 1 heterocycles. The Balaban J connectivity index is 0. The molecule has 20 N–H and O–H groups in total. The van der Waals surface area contributed by atoms with Gasteiger partial charge in [-0.2, -0.15) is 0 Å². The Labute approximate surface area is 738 Å². The third-order valence-corrected chi connectivity index (χ3v) is 36.5. The molecule has 15 aliphatic carbocycles. The lowest BCUT2D eigenvalue weighted by Crippen LogP contribution is -2.55. The standard InChI is InChI=1S/C26H43F3.C26H45F.C20H32F2.C15H24F2O.C14H22F2.10H2O.3H2/c1-16-3-6-18(7-4-16)19-9-11-20(12-10-19)22-13-14-23(26(29)25(22)28)21-8-5-17(2)24(27)15-21;1-18-3-7-20(8-4-18)21-11-13-22(14-12-21)24-15-16-25(26(27)17-24)23-9-5-19(2)6-10-23;1-13-3-6-15(7-4-13)16-8-10-17(11-9-16)18-12-5-14(2)19(21)20(18)22;1-8-3-5-10-11-6-4-9(2)14(17)15(11)18-7-12(10)13(8)16;1-9-3-6-11(7-4-9)12-8-5-10(2)13(15)14(12)16;;;;;;;;;;;;;/h16-26H,3-15H2,1-2H3;18-26H,3-17H2,1-2H3;10,13-16,18-20H,3-9,11-12H2,1-2H3;8-15H,3-7H2,1-2H3;6,9-10,12-14H,3-5,7-8H2,1-2H3;10*1H2;3*1H. The number of halogens is 10. The fraction of sp³-hybridized carbons (Fsp3) is 0.960. The topological polar surface area (TPSA) is 324 Å². The third kappa shape index (κ3) is 29.7. The van der Waals surface area contributed by atoms with Gasteiger partial charge in [-0.15, -0.1) is 0 Å². The van der Waals surface area contributed by atoms with Crippen LogP contribution < -0.4 is 0 Å². The minimum absolute atomic E-state index is 0. The predicted octanol–water partition coefficient (Wildman–Crippen LogP) is 23.3. The summed E-state index contributed by atoms with van der Waals surface area (Å²) in [5, 5.41) is 0. The van der Waals surface area contributed by atoms with E-state index in [2.05, 4.69) is 46.8 Å². The van der Waals surface area contributed by atoms with Gasteiger partial charge in [-0.3, -0.25) is 0 Å². The molecule has 1 aliphatic heterocycles. The monoisotopic (exact) mass is 1770 g/mol. The second kappa shape index (κ2) is 55.0. The summed E-state index contributed by atoms with van der Waals surface area (Å²) in [6, 6.07) is 0. The first-order valence-corrected chi connectivity index (χ1v) is 49.2. The summed E-state index contributed by atoms with van der Waals surface area (Å²) in [5.74, 6) is 13.1. The first kappa shape index (κ1) is 116. The zero-order valence-electron chi connectivity index (χ0n) is 77.7. The highest BCUT2D eigenvalue weighted by Crippen LogP contribution is 2.55. The van der Waals surface area contributed by atoms with E-state index in [1.807, 2.05) is 34.6 Å². The predicted molar refractivity (Wildman–Crippen MR) is 488 cm³/mol. The molecular weight excluding hydrogens is 1580 g/mol. The maximum atomic E-state index is 15.2. The molecule has 28 atom stereocenters. The SMILES string of the molecule is CC1CC=C(C2CCC(C)C(F)C2F)CC1.CC1CCC(C2CC=C(C3CCC(C)C(F)C3F)CC2)CC1.CC1CCC(C2CCC(C3CCC(C4CCC(C)C(F)C4)C(F)C3F)CC2)CC1.CC1CCC(C2CCC(C3CCC(C4CCC(C)CC4)C(F)C3)CC2)CC1.CC1CCC2C(COC3C(F)C(C)CCC23)C1F.O.O.O.O.O.O.O.O.O.O.[HH].[HH].[HH]. The Hall–Kier alpha value is -1.66. The van der Waals surface area contributed by atoms with Crippen LogP contribution in [0.15, 0.2) is 23.3 Å². The molecule has 14 fully saturated rings. The van der Waals surface area contributed by atoms with Crippen molar-refractivity contribution in [2.24, 2.45) is 172 Å². The van der Waals surface area contributed by atoms with Crippen molar-refractivity contribution >= 4 is 0 Å². The van der Waals surface area contributed by atoms with Gasteiger partial charge in [0.25, 0.3) is 0 Å². The average Bonchev–Trinajstić information content (AvgIpc) is 0.766. The Morgan fingerprint density at radius 3 is 0.951 bits per heavy atom. The Morgan fingerprint density at radius 1 is 0.221 bits per heavy atom. The summed E-state index contributed by atoms with van der Waals surface area (Å²) in [6.45, 7) is 21.8. The van der Waals surface area contributed by atoms with Crippen LogP contribution in [0.3, 0.4) is 0 Å². The van der Waals surface area contributed by atoms with Crippen molar-refractivity contribution in [1.29, 1.82) is 0 Å². The Morgan fingerprint density at radius 2 is 0.533 bits per heavy atom. The first-order chi connectivity index (χ1) is 53.8. The van der Waals surface area contributed by atoms with Gasteiger partial charge in [0.2, 0.25) is 0 Å². The summed E-state index contributed by atoms with van der Waals surface area (Å²) in [5.41, 5.74) is 2.43. The van der Waals surface area contributed by atoms with Crippen molar-refractivity contribution in [1.82, 2.24) is 0 Å². The molecule has 122 heavy (non-hydrogen) atoms. The van der Waals surface area contributed by atoms with Crippen LogP contribution in [-0.2, 0) is 4.74 Å². The fourth-order valence-corrected chi connectivity index (χ4v) is 27.9. The van der Waals surface area contributed by atoms with Crippen molar-refractivity contribution in [3.63, 3.8) is 0 Å². The van der Waals surface area contributed by atoms with Gasteiger partial charge in [0.15, 0.2) is 0 Å². The van der Waals surface area contributed by atoms with E-state index in [0.29, 0.717) is 48.5 Å². The van der Waals surface area contributed by atoms with Crippen LogP contribution in [0.2, 0.25) is 0 Å². The van der Waals surface area contributed by atoms with Gasteiger partial charge in [0.05, 0.1) is 12.7 Å². The molecule has 16 aliphatic rings. The number of hydrogen-bond acceptors (Lipinski definition) is 1. The molecular formula is C101H192F10O11. The largest absolute Gasteiger partial charge is 0.412 e. The number of rotatable bonds is 9. The van der Waals surface area contributed by atoms with Crippen LogP contribution in [0, 0.1) is 172 Å². The molecule has 21 heteroatoms. The highest BCUT2D eigenvalue weighted by atomic mass is 19.2. The van der Waals surface area contributed by atoms with E-state index in [9.17, 15) is 30.7 Å². The summed E-state index contributed by atoms with van der Waals surface area (Å²) >= 11 is 0. The molecule has 0 spiro atoms. The molecule has 0 aromatic rings. The van der Waals surface area contributed by atoms with Crippen LogP contribution in [0.4, 0.5) is 43.9 Å². The summed E-state index contributed by atoms with van der Waals surface area (Å²) < 4.78 is 150. The smallest absolute Gasteiger partial charge is 0.138 e. The molecule has 13 saturated carbocycles. The lowest BCUT2D eigenvalue weighted by atomic mass is 9.61. The minimum atomic E-state index is -1.36. The van der Waals surface area contributed by atoms with Crippen molar-refractivity contribution in [2.75, 3.05) is 6.61 Å². The molecule has 0 radical (unpaired) electrons. The van der Waals surface area contributed by atoms with Crippen molar-refractivity contribution in [3.8, 4) is 0 Å². The van der Waals surface area contributed by atoms with Crippen LogP contribution in [0.25, 0.3) is 0 Å². The first-order valence-electron chi connectivity index (χ1n) is 49.2. The second-order valence-corrected chi connectivity index (χ2v) is 43.9. The zero-order chi connectivity index (χ0) is 79.6. The number of hydrogen-bond donors (Lipinski definition) is 0. The van der Waals surface area contributed by atoms with Crippen molar-refractivity contribution < 1.29 is 108 Å². The number of fused-ring (bicyclic) bond motifs is 3. The van der Waals surface area contributed by atoms with Gasteiger partial charge in [-0.1, -0.05) is 144 Å². The molecule has 11 nitrogen and oxygen atoms in total. The van der Waals surface area contributed by atoms with E-state index in [0.717, 1.165) is 194 Å². The van der Waals surface area contributed by atoms with E-state index < -0.39 is 61.7 Å². The lowest BCUT2D eigenvalue weighted by Gasteiger charge is -2.51. The normalized spacial score (nSPS) is 46.2. The van der Waals surface area contributed by atoms with Crippen molar-refractivity contribution in [2.45, 2.75) is 432 Å². The second-order valence-electron chi connectivity index (χ2n) is 43.9. The van der Waals surface area contributed by atoms with Crippen molar-refractivity contribution in [3.05, 3.63) is 23.3 Å². The van der Waals surface area contributed by atoms with E-state index in [1.54, 1.807) is 0 Å². The van der Waals surface area contributed by atoms with Crippen LogP contribution in [0.5, 0.6) is 0 Å². The molecule has 0 amide bonds. The van der Waals surface area contributed by atoms with Crippen LogP contribution >= 0.6 is 0 Å². The molecule has 732 valence electrons. The summed E-state index contributed by atoms with van der Waals surface area (Å²) in [6.07, 6.45) is 47.4. The molecule has 0 aromatic carbocycles. The van der Waals surface area contributed by atoms with Gasteiger partial charge in [-0.25, -0.2) is 43.9 Å². The van der Waals surface area contributed by atoms with Gasteiger partial charge < -0.3 is 59.5 Å². The van der Waals surface area contributed by atoms with E-state index >= 15 is 13.2 Å². The van der Waals surface area contributed by atoms with Gasteiger partial charge >= 0.3 is 0 Å². The Kier molecular flexibility index (Phi) is 52.5. The average molecular weight is 1770 g/mol. The lowest BCUT2D eigenvalue weighted by molar-refractivity contribution is -0.177. The summed E-state index contributed by atoms with van der Waals surface area (Å²) in [4.78, 5) is 0. The molecule has 0 bridgehead atoms. The number of ether oxygens (including phenoxy) is 1. The minimum Gasteiger partial charge on any atom is -0.412 e. The quantitative estimate of drug-likeness (QED) is 0.158. The van der Waals surface area contributed by atoms with E-state index in [1.165, 1.54) is 172 Å². The van der Waals surface area contributed by atoms with Gasteiger partial charge in [-0.05, 0) is 398 Å². The van der Waals surface area contributed by atoms with Gasteiger partial charge in [0, 0.05) is 22.0 Å². The highest BCUT2D eigenvalue weighted by molar-refractivity contribution is 5.17. The fourth-order valence-electron chi connectivity index (χ4n) is 27.9. The maximum absolute atomic E-state index is 15.2. The molecule has 28 unspecified atom stereocenters. The molecule has 1 saturated heterocycles. The third-order valence-electron chi connectivity index (χ3n) is 36.5. The van der Waals surface area contributed by atoms with Crippen LogP contribution in [-0.4, -0.2) is 129 Å². The highest BCUT2D eigenvalue weighted by Gasteiger charge is 2.54. The van der Waals surface area contributed by atoms with E-state index in [-0.39, 0.29) is 136 Å². The van der Waals surface area contributed by atoms with Crippen LogP contribution in [0.1, 0.15) is 369 Å². The Bertz CT molecular complexity index is 2800. The number of allylic oxidation sites excluding steroid dienone is 4. The zero-order valence-corrected chi connectivity index (χ0v) is 77.7. The molecule has 0 aromatic heterocycles. The molecule has 16 rings (SSSR count). The van der Waals surface area contributed by atoms with E-state index in [4.69, 9.17) is 4.74 Å².